The second-order valence-electron chi connectivity index (χ2n) is 3.33. The lowest BCUT2D eigenvalue weighted by Crippen LogP contribution is -2.11. The van der Waals surface area contributed by atoms with Gasteiger partial charge in [-0.15, -0.1) is 0 Å². The third-order valence-corrected chi connectivity index (χ3v) is 5.15. The number of aromatic nitrogens is 1. The molecule has 1 N–H and O–H groups in total. The number of nitrogens with zero attached hydrogens (tertiary/aromatic N) is 2. The molecule has 98 valence electrons. The molecule has 0 spiro atoms. The highest BCUT2D eigenvalue weighted by Gasteiger charge is 2.10. The van der Waals surface area contributed by atoms with Crippen LogP contribution in [0.5, 0.6) is 0 Å². The first-order chi connectivity index (χ1) is 8.67. The summed E-state index contributed by atoms with van der Waals surface area (Å²) in [5.74, 6) is 2.27. The SMILES string of the molecule is CCSCCC(=O)Nc1nc(C)c(SCC#N)s1. The van der Waals surface area contributed by atoms with Crippen LogP contribution < -0.4 is 5.32 Å². The second kappa shape index (κ2) is 8.40. The Morgan fingerprint density at radius 1 is 1.61 bits per heavy atom. The molecule has 1 heterocycles. The molecule has 1 aromatic heterocycles. The van der Waals surface area contributed by atoms with E-state index in [4.69, 9.17) is 5.26 Å². The Labute approximate surface area is 120 Å². The number of hydrogen-bond donors (Lipinski definition) is 1. The molecule has 0 aromatic carbocycles. The zero-order valence-electron chi connectivity index (χ0n) is 10.4. The first kappa shape index (κ1) is 15.3. The zero-order valence-corrected chi connectivity index (χ0v) is 12.8. The molecule has 1 aromatic rings. The molecule has 1 rings (SSSR count). The van der Waals surface area contributed by atoms with Gasteiger partial charge in [-0.2, -0.15) is 17.0 Å². The van der Waals surface area contributed by atoms with Gasteiger partial charge in [0.05, 0.1) is 21.7 Å². The average molecular weight is 301 g/mol. The average Bonchev–Trinajstić information content (AvgIpc) is 2.67. The maximum atomic E-state index is 11.6. The number of carbonyl (C=O) groups is 1. The molecular formula is C11H15N3OS3. The van der Waals surface area contributed by atoms with Crippen molar-refractivity contribution < 1.29 is 4.79 Å². The highest BCUT2D eigenvalue weighted by molar-refractivity contribution is 8.01. The monoisotopic (exact) mass is 301 g/mol. The molecule has 0 unspecified atom stereocenters. The quantitative estimate of drug-likeness (QED) is 0.619. The van der Waals surface area contributed by atoms with Gasteiger partial charge in [0.2, 0.25) is 5.91 Å². The Kier molecular flexibility index (Phi) is 7.16. The summed E-state index contributed by atoms with van der Waals surface area (Å²) >= 11 is 4.63. The van der Waals surface area contributed by atoms with Crippen LogP contribution in [-0.2, 0) is 4.79 Å². The number of amides is 1. The molecule has 4 nitrogen and oxygen atoms in total. The van der Waals surface area contributed by atoms with Crippen LogP contribution in [0.15, 0.2) is 4.21 Å². The van der Waals surface area contributed by atoms with Crippen LogP contribution in [0.3, 0.4) is 0 Å². The third kappa shape index (κ3) is 5.29. The molecular weight excluding hydrogens is 286 g/mol. The second-order valence-corrected chi connectivity index (χ2v) is 6.97. The minimum Gasteiger partial charge on any atom is -0.302 e. The number of nitrogens with one attached hydrogen (secondary N) is 1. The Hall–Kier alpha value is -0.710. The van der Waals surface area contributed by atoms with Crippen molar-refractivity contribution in [3.63, 3.8) is 0 Å². The predicted octanol–water partition coefficient (Wildman–Crippen LogP) is 3.15. The van der Waals surface area contributed by atoms with Crippen molar-refractivity contribution in [1.29, 1.82) is 5.26 Å². The minimum atomic E-state index is 0.00142. The maximum absolute atomic E-state index is 11.6. The minimum absolute atomic E-state index is 0.00142. The van der Waals surface area contributed by atoms with Crippen LogP contribution in [0, 0.1) is 18.3 Å². The van der Waals surface area contributed by atoms with Crippen LogP contribution in [0.2, 0.25) is 0 Å². The molecule has 0 saturated carbocycles. The molecule has 0 aliphatic heterocycles. The number of hydrogen-bond acceptors (Lipinski definition) is 6. The van der Waals surface area contributed by atoms with Crippen LogP contribution >= 0.6 is 34.9 Å². The van der Waals surface area contributed by atoms with Crippen molar-refractivity contribution in [3.05, 3.63) is 5.69 Å². The Morgan fingerprint density at radius 3 is 3.06 bits per heavy atom. The van der Waals surface area contributed by atoms with Crippen LogP contribution in [0.4, 0.5) is 5.13 Å². The third-order valence-electron chi connectivity index (χ3n) is 1.95. The largest absolute Gasteiger partial charge is 0.302 e. The fourth-order valence-electron chi connectivity index (χ4n) is 1.16. The van der Waals surface area contributed by atoms with Gasteiger partial charge in [-0.25, -0.2) is 4.98 Å². The molecule has 1 amide bonds. The number of carbonyl (C=O) groups excluding carboxylic acids is 1. The van der Waals surface area contributed by atoms with Gasteiger partial charge in [0.25, 0.3) is 0 Å². The highest BCUT2D eigenvalue weighted by Crippen LogP contribution is 2.31. The van der Waals surface area contributed by atoms with Gasteiger partial charge < -0.3 is 5.32 Å². The number of anilines is 1. The first-order valence-electron chi connectivity index (χ1n) is 5.52. The van der Waals surface area contributed by atoms with Crippen LogP contribution in [0.25, 0.3) is 0 Å². The molecule has 0 aliphatic carbocycles. The molecule has 0 atom stereocenters. The van der Waals surface area contributed by atoms with Crippen LogP contribution in [0.1, 0.15) is 19.0 Å². The lowest BCUT2D eigenvalue weighted by atomic mass is 10.4. The Morgan fingerprint density at radius 2 is 2.39 bits per heavy atom. The van der Waals surface area contributed by atoms with Crippen molar-refractivity contribution >= 4 is 45.9 Å². The van der Waals surface area contributed by atoms with Crippen LogP contribution in [-0.4, -0.2) is 28.1 Å². The number of rotatable bonds is 7. The lowest BCUT2D eigenvalue weighted by Gasteiger charge is -2.00. The van der Waals surface area contributed by atoms with Crippen molar-refractivity contribution in [3.8, 4) is 6.07 Å². The fourth-order valence-corrected chi connectivity index (χ4v) is 3.59. The lowest BCUT2D eigenvalue weighted by molar-refractivity contribution is -0.115. The number of thiazole rings is 1. The Balaban J connectivity index is 2.47. The number of nitriles is 1. The van der Waals surface area contributed by atoms with Gasteiger partial charge in [-0.3, -0.25) is 4.79 Å². The van der Waals surface area contributed by atoms with E-state index < -0.39 is 0 Å². The molecule has 18 heavy (non-hydrogen) atoms. The van der Waals surface area contributed by atoms with Crippen molar-refractivity contribution in [2.24, 2.45) is 0 Å². The van der Waals surface area contributed by atoms with Crippen molar-refractivity contribution in [1.82, 2.24) is 4.98 Å². The Bertz CT molecular complexity index is 439. The van der Waals surface area contributed by atoms with E-state index in [9.17, 15) is 4.79 Å². The van der Waals surface area contributed by atoms with E-state index in [0.29, 0.717) is 17.3 Å². The van der Waals surface area contributed by atoms with Crippen molar-refractivity contribution in [2.75, 3.05) is 22.6 Å². The highest BCUT2D eigenvalue weighted by atomic mass is 32.2. The van der Waals surface area contributed by atoms with Gasteiger partial charge in [0, 0.05) is 12.2 Å². The topological polar surface area (TPSA) is 65.8 Å². The van der Waals surface area contributed by atoms with E-state index in [1.165, 1.54) is 23.1 Å². The van der Waals surface area contributed by atoms with E-state index in [0.717, 1.165) is 21.4 Å². The fraction of sp³-hybridized carbons (Fsp3) is 0.545. The molecule has 0 bridgehead atoms. The summed E-state index contributed by atoms with van der Waals surface area (Å²) in [5.41, 5.74) is 0.874. The first-order valence-corrected chi connectivity index (χ1v) is 8.47. The molecule has 0 fully saturated rings. The summed E-state index contributed by atoms with van der Waals surface area (Å²) < 4.78 is 0.995. The summed E-state index contributed by atoms with van der Waals surface area (Å²) in [4.78, 5) is 15.9. The summed E-state index contributed by atoms with van der Waals surface area (Å²) in [7, 11) is 0. The number of aryl methyl sites for hydroxylation is 1. The van der Waals surface area contributed by atoms with Gasteiger partial charge in [-0.1, -0.05) is 30.0 Å². The predicted molar refractivity (Wildman–Crippen MR) is 79.4 cm³/mol. The van der Waals surface area contributed by atoms with Crippen molar-refractivity contribution in [2.45, 2.75) is 24.5 Å². The maximum Gasteiger partial charge on any atom is 0.226 e. The van der Waals surface area contributed by atoms with E-state index in [1.807, 2.05) is 6.92 Å². The summed E-state index contributed by atoms with van der Waals surface area (Å²) in [6.45, 7) is 3.96. The summed E-state index contributed by atoms with van der Waals surface area (Å²) in [5, 5.41) is 12.0. The molecule has 0 aliphatic rings. The van der Waals surface area contributed by atoms with Gasteiger partial charge in [0.1, 0.15) is 0 Å². The molecule has 0 saturated heterocycles. The summed E-state index contributed by atoms with van der Waals surface area (Å²) in [6, 6.07) is 2.08. The van der Waals surface area contributed by atoms with E-state index in [-0.39, 0.29) is 5.91 Å². The standard InChI is InChI=1S/C11H15N3OS3/c1-3-16-6-4-9(15)14-11-13-8(2)10(18-11)17-7-5-12/h3-4,6-7H2,1-2H3,(H,13,14,15). The van der Waals surface area contributed by atoms with Gasteiger partial charge in [-0.05, 0) is 12.7 Å². The van der Waals surface area contributed by atoms with Gasteiger partial charge in [0.15, 0.2) is 5.13 Å². The smallest absolute Gasteiger partial charge is 0.226 e. The normalized spacial score (nSPS) is 10.1. The number of thioether (sulfide) groups is 2. The zero-order chi connectivity index (χ0) is 13.4. The summed E-state index contributed by atoms with van der Waals surface area (Å²) in [6.07, 6.45) is 0.512. The molecule has 0 radical (unpaired) electrons. The van der Waals surface area contributed by atoms with Gasteiger partial charge >= 0.3 is 0 Å². The van der Waals surface area contributed by atoms with E-state index >= 15 is 0 Å². The van der Waals surface area contributed by atoms with E-state index in [1.54, 1.807) is 11.8 Å². The van der Waals surface area contributed by atoms with E-state index in [2.05, 4.69) is 23.3 Å². The molecule has 7 heteroatoms.